The number of likely N-dealkylation sites (tertiary alicyclic amines) is 1. The van der Waals surface area contributed by atoms with E-state index in [1.165, 1.54) is 12.0 Å². The van der Waals surface area contributed by atoms with Crippen molar-refractivity contribution in [2.75, 3.05) is 13.6 Å². The molecule has 1 aliphatic carbocycles. The first-order chi connectivity index (χ1) is 15.0. The van der Waals surface area contributed by atoms with E-state index in [1.807, 2.05) is 18.2 Å². The van der Waals surface area contributed by atoms with Crippen LogP contribution in [-0.2, 0) is 20.8 Å². The van der Waals surface area contributed by atoms with Crippen LogP contribution >= 0.6 is 0 Å². The standard InChI is InChI=1S/C24H35N3O4/c1-25-22(29)21(19-12-6-3-7-13-19)27-16-15-24(23(27)30,17-20(28)26-31)14-8-11-18-9-4-2-5-10-18/h2,4-5,9-10,19,21,31H,3,6-8,11-17H2,1H3,(H,25,29)(H,26,28)/t21-,24+/m1/s1. The average Bonchev–Trinajstić information content (AvgIpc) is 3.11. The second-order valence-corrected chi connectivity index (χ2v) is 9.04. The van der Waals surface area contributed by atoms with E-state index in [0.717, 1.165) is 38.5 Å². The largest absolute Gasteiger partial charge is 0.357 e. The minimum atomic E-state index is -0.872. The Hall–Kier alpha value is -2.41. The van der Waals surface area contributed by atoms with Gasteiger partial charge in [0, 0.05) is 20.0 Å². The lowest BCUT2D eigenvalue weighted by atomic mass is 9.77. The first-order valence-corrected chi connectivity index (χ1v) is 11.5. The van der Waals surface area contributed by atoms with Gasteiger partial charge in [-0.25, -0.2) is 5.48 Å². The highest BCUT2D eigenvalue weighted by atomic mass is 16.5. The van der Waals surface area contributed by atoms with Gasteiger partial charge in [-0.3, -0.25) is 19.6 Å². The van der Waals surface area contributed by atoms with Crippen LogP contribution in [0.4, 0.5) is 0 Å². The number of carbonyl (C=O) groups is 3. The number of rotatable bonds is 9. The van der Waals surface area contributed by atoms with Crippen LogP contribution in [0.15, 0.2) is 30.3 Å². The fraction of sp³-hybridized carbons (Fsp3) is 0.625. The van der Waals surface area contributed by atoms with Crippen molar-refractivity contribution in [2.24, 2.45) is 11.3 Å². The lowest BCUT2D eigenvalue weighted by Crippen LogP contribution is -2.53. The summed E-state index contributed by atoms with van der Waals surface area (Å²) in [6.45, 7) is 0.470. The summed E-state index contributed by atoms with van der Waals surface area (Å²) in [5.41, 5.74) is 2.02. The number of hydroxylamine groups is 1. The zero-order chi connectivity index (χ0) is 22.3. The van der Waals surface area contributed by atoms with Gasteiger partial charge in [-0.1, -0.05) is 49.6 Å². The molecule has 0 spiro atoms. The highest BCUT2D eigenvalue weighted by molar-refractivity contribution is 5.94. The summed E-state index contributed by atoms with van der Waals surface area (Å²) >= 11 is 0. The van der Waals surface area contributed by atoms with E-state index in [1.54, 1.807) is 17.4 Å². The van der Waals surface area contributed by atoms with Crippen molar-refractivity contribution in [3.63, 3.8) is 0 Å². The van der Waals surface area contributed by atoms with Crippen LogP contribution in [0.5, 0.6) is 0 Å². The fourth-order valence-electron chi connectivity index (χ4n) is 5.43. The Labute approximate surface area is 184 Å². The van der Waals surface area contributed by atoms with E-state index >= 15 is 0 Å². The molecule has 1 aromatic carbocycles. The van der Waals surface area contributed by atoms with Crippen molar-refractivity contribution in [3.05, 3.63) is 35.9 Å². The molecule has 170 valence electrons. The van der Waals surface area contributed by atoms with E-state index in [4.69, 9.17) is 5.21 Å². The first-order valence-electron chi connectivity index (χ1n) is 11.5. The van der Waals surface area contributed by atoms with Crippen LogP contribution in [0.1, 0.15) is 63.4 Å². The molecule has 2 aliphatic rings. The van der Waals surface area contributed by atoms with Gasteiger partial charge in [0.05, 0.1) is 5.41 Å². The zero-order valence-electron chi connectivity index (χ0n) is 18.4. The summed E-state index contributed by atoms with van der Waals surface area (Å²) in [5.74, 6) is -0.635. The Kier molecular flexibility index (Phi) is 8.07. The summed E-state index contributed by atoms with van der Waals surface area (Å²) < 4.78 is 0. The molecule has 0 unspecified atom stereocenters. The van der Waals surface area contributed by atoms with Gasteiger partial charge in [0.1, 0.15) is 6.04 Å². The molecule has 1 saturated heterocycles. The zero-order valence-corrected chi connectivity index (χ0v) is 18.4. The minimum absolute atomic E-state index is 0.0568. The van der Waals surface area contributed by atoms with E-state index in [0.29, 0.717) is 19.4 Å². The molecular weight excluding hydrogens is 394 g/mol. The van der Waals surface area contributed by atoms with E-state index in [2.05, 4.69) is 17.4 Å². The normalized spacial score (nSPS) is 22.9. The molecule has 7 nitrogen and oxygen atoms in total. The summed E-state index contributed by atoms with van der Waals surface area (Å²) in [6, 6.07) is 9.58. The monoisotopic (exact) mass is 429 g/mol. The van der Waals surface area contributed by atoms with Crippen LogP contribution < -0.4 is 10.8 Å². The van der Waals surface area contributed by atoms with Crippen LogP contribution in [0.3, 0.4) is 0 Å². The van der Waals surface area contributed by atoms with Gasteiger partial charge in [-0.15, -0.1) is 0 Å². The molecular formula is C24H35N3O4. The van der Waals surface area contributed by atoms with Crippen LogP contribution in [0.25, 0.3) is 0 Å². The molecule has 31 heavy (non-hydrogen) atoms. The molecule has 3 N–H and O–H groups in total. The van der Waals surface area contributed by atoms with Crippen molar-refractivity contribution in [3.8, 4) is 0 Å². The summed E-state index contributed by atoms with van der Waals surface area (Å²) in [6.07, 6.45) is 7.81. The molecule has 0 aromatic heterocycles. The van der Waals surface area contributed by atoms with Crippen LogP contribution in [0, 0.1) is 11.3 Å². The van der Waals surface area contributed by atoms with E-state index < -0.39 is 17.4 Å². The van der Waals surface area contributed by atoms with Gasteiger partial charge in [0.15, 0.2) is 0 Å². The second kappa shape index (κ2) is 10.8. The molecule has 1 heterocycles. The molecule has 3 amide bonds. The van der Waals surface area contributed by atoms with Gasteiger partial charge in [0.2, 0.25) is 17.7 Å². The Morgan fingerprint density at radius 3 is 2.55 bits per heavy atom. The number of nitrogens with zero attached hydrogens (tertiary/aromatic N) is 1. The highest BCUT2D eigenvalue weighted by Gasteiger charge is 2.51. The molecule has 1 saturated carbocycles. The molecule has 7 heteroatoms. The van der Waals surface area contributed by atoms with Gasteiger partial charge in [0.25, 0.3) is 0 Å². The molecule has 2 fully saturated rings. The summed E-state index contributed by atoms with van der Waals surface area (Å²) in [7, 11) is 1.62. The third kappa shape index (κ3) is 5.45. The Bertz CT molecular complexity index is 763. The van der Waals surface area contributed by atoms with Crippen molar-refractivity contribution in [1.82, 2.24) is 15.7 Å². The van der Waals surface area contributed by atoms with E-state index in [-0.39, 0.29) is 24.2 Å². The van der Waals surface area contributed by atoms with E-state index in [9.17, 15) is 14.4 Å². The maximum absolute atomic E-state index is 13.7. The number of nitrogens with one attached hydrogen (secondary N) is 2. The second-order valence-electron chi connectivity index (χ2n) is 9.04. The van der Waals surface area contributed by atoms with Crippen LogP contribution in [-0.4, -0.2) is 47.5 Å². The maximum Gasteiger partial charge on any atom is 0.244 e. The number of benzene rings is 1. The molecule has 0 radical (unpaired) electrons. The molecule has 3 rings (SSSR count). The van der Waals surface area contributed by atoms with Crippen molar-refractivity contribution >= 4 is 17.7 Å². The molecule has 2 atom stereocenters. The first kappa shape index (κ1) is 23.3. The van der Waals surface area contributed by atoms with Crippen molar-refractivity contribution in [1.29, 1.82) is 0 Å². The molecule has 1 aliphatic heterocycles. The van der Waals surface area contributed by atoms with Gasteiger partial charge >= 0.3 is 0 Å². The smallest absolute Gasteiger partial charge is 0.244 e. The van der Waals surface area contributed by atoms with Crippen molar-refractivity contribution in [2.45, 2.75) is 70.3 Å². The lowest BCUT2D eigenvalue weighted by molar-refractivity contribution is -0.148. The predicted octanol–water partition coefficient (Wildman–Crippen LogP) is 2.82. The quantitative estimate of drug-likeness (QED) is 0.415. The topological polar surface area (TPSA) is 98.7 Å². The lowest BCUT2D eigenvalue weighted by Gasteiger charge is -2.36. The third-order valence-electron chi connectivity index (χ3n) is 7.08. The maximum atomic E-state index is 13.7. The molecule has 1 aromatic rings. The summed E-state index contributed by atoms with van der Waals surface area (Å²) in [5, 5.41) is 11.9. The number of hydrogen-bond acceptors (Lipinski definition) is 4. The van der Waals surface area contributed by atoms with Crippen LogP contribution in [0.2, 0.25) is 0 Å². The van der Waals surface area contributed by atoms with Gasteiger partial charge in [-0.2, -0.15) is 0 Å². The Morgan fingerprint density at radius 1 is 1.19 bits per heavy atom. The molecule has 0 bridgehead atoms. The SMILES string of the molecule is CNC(=O)[C@@H](C1CCCCC1)N1CC[C@@](CCCc2ccccc2)(CC(=O)NO)C1=O. The Balaban J connectivity index is 1.78. The number of likely N-dealkylation sites (N-methyl/N-ethyl adjacent to an activating group) is 1. The van der Waals surface area contributed by atoms with Crippen molar-refractivity contribution < 1.29 is 19.6 Å². The predicted molar refractivity (Wildman–Crippen MR) is 117 cm³/mol. The fourth-order valence-corrected chi connectivity index (χ4v) is 5.43. The summed E-state index contributed by atoms with van der Waals surface area (Å²) in [4.78, 5) is 40.4. The highest BCUT2D eigenvalue weighted by Crippen LogP contribution is 2.43. The van der Waals surface area contributed by atoms with Gasteiger partial charge < -0.3 is 10.2 Å². The number of carbonyl (C=O) groups excluding carboxylic acids is 3. The number of aryl methyl sites for hydroxylation is 1. The van der Waals surface area contributed by atoms with Gasteiger partial charge in [-0.05, 0) is 50.0 Å². The minimum Gasteiger partial charge on any atom is -0.357 e. The number of hydrogen-bond donors (Lipinski definition) is 3. The average molecular weight is 430 g/mol. The Morgan fingerprint density at radius 2 is 1.90 bits per heavy atom. The third-order valence-corrected chi connectivity index (χ3v) is 7.08. The number of amides is 3.